The van der Waals surface area contributed by atoms with Gasteiger partial charge in [-0.1, -0.05) is 135 Å². The zero-order chi connectivity index (χ0) is 20.5. The van der Waals surface area contributed by atoms with Crippen molar-refractivity contribution in [1.29, 1.82) is 0 Å². The normalized spacial score (nSPS) is 12.0. The summed E-state index contributed by atoms with van der Waals surface area (Å²) in [5.41, 5.74) is 0. The Morgan fingerprint density at radius 1 is 0.500 bits per heavy atom. The lowest BCUT2D eigenvalue weighted by Gasteiger charge is -2.03. The van der Waals surface area contributed by atoms with Gasteiger partial charge < -0.3 is 5.11 Å². The first kappa shape index (κ1) is 27.5. The van der Waals surface area contributed by atoms with Gasteiger partial charge in [0.25, 0.3) is 0 Å². The summed E-state index contributed by atoms with van der Waals surface area (Å²) in [6.07, 6.45) is 28.7. The molecule has 0 bridgehead atoms. The predicted octanol–water partition coefficient (Wildman–Crippen LogP) is 8.97. The second-order valence-corrected chi connectivity index (χ2v) is 8.74. The SMILES string of the molecule is CCCCCCCCCCCCCCCCC#CC(O)CCCCCCCC. The molecule has 28 heavy (non-hydrogen) atoms. The second-order valence-electron chi connectivity index (χ2n) is 8.74. The minimum Gasteiger partial charge on any atom is -0.380 e. The van der Waals surface area contributed by atoms with E-state index in [9.17, 15) is 5.11 Å². The van der Waals surface area contributed by atoms with Gasteiger partial charge in [-0.3, -0.25) is 0 Å². The molecule has 0 aromatic rings. The monoisotopic (exact) mass is 392 g/mol. The maximum Gasteiger partial charge on any atom is 0.114 e. The third kappa shape index (κ3) is 23.6. The summed E-state index contributed by atoms with van der Waals surface area (Å²) in [7, 11) is 0. The average Bonchev–Trinajstić information content (AvgIpc) is 2.70. The van der Waals surface area contributed by atoms with Gasteiger partial charge >= 0.3 is 0 Å². The Balaban J connectivity index is 3.21. The van der Waals surface area contributed by atoms with Crippen molar-refractivity contribution in [2.24, 2.45) is 0 Å². The van der Waals surface area contributed by atoms with Gasteiger partial charge in [-0.2, -0.15) is 0 Å². The summed E-state index contributed by atoms with van der Waals surface area (Å²) in [5, 5.41) is 9.89. The zero-order valence-electron chi connectivity index (χ0n) is 19.6. The number of hydrogen-bond acceptors (Lipinski definition) is 1. The van der Waals surface area contributed by atoms with E-state index in [1.807, 2.05) is 0 Å². The van der Waals surface area contributed by atoms with Gasteiger partial charge in [0, 0.05) is 6.42 Å². The van der Waals surface area contributed by atoms with Crippen LogP contribution in [0.4, 0.5) is 0 Å². The number of unbranched alkanes of at least 4 members (excludes halogenated alkanes) is 19. The first-order chi connectivity index (χ1) is 13.8. The lowest BCUT2D eigenvalue weighted by atomic mass is 10.0. The van der Waals surface area contributed by atoms with Crippen molar-refractivity contribution in [2.45, 2.75) is 161 Å². The molecular formula is C27H52O. The van der Waals surface area contributed by atoms with Crippen LogP contribution in [0.25, 0.3) is 0 Å². The van der Waals surface area contributed by atoms with E-state index in [1.54, 1.807) is 0 Å². The molecule has 0 heterocycles. The summed E-state index contributed by atoms with van der Waals surface area (Å²) < 4.78 is 0. The van der Waals surface area contributed by atoms with Gasteiger partial charge in [-0.15, -0.1) is 5.92 Å². The second kappa shape index (κ2) is 24.6. The molecule has 1 heteroatoms. The smallest absolute Gasteiger partial charge is 0.114 e. The Hall–Kier alpha value is -0.480. The summed E-state index contributed by atoms with van der Waals surface area (Å²) in [6, 6.07) is 0. The maximum atomic E-state index is 9.89. The highest BCUT2D eigenvalue weighted by Gasteiger charge is 1.98. The van der Waals surface area contributed by atoms with Gasteiger partial charge in [0.2, 0.25) is 0 Å². The van der Waals surface area contributed by atoms with Crippen molar-refractivity contribution in [3.63, 3.8) is 0 Å². The van der Waals surface area contributed by atoms with Crippen molar-refractivity contribution < 1.29 is 5.11 Å². The van der Waals surface area contributed by atoms with Gasteiger partial charge in [-0.25, -0.2) is 0 Å². The van der Waals surface area contributed by atoms with Crippen LogP contribution < -0.4 is 0 Å². The van der Waals surface area contributed by atoms with E-state index in [-0.39, 0.29) is 0 Å². The van der Waals surface area contributed by atoms with Gasteiger partial charge in [0.1, 0.15) is 6.10 Å². The summed E-state index contributed by atoms with van der Waals surface area (Å²) in [4.78, 5) is 0. The molecule has 1 atom stereocenters. The Kier molecular flexibility index (Phi) is 24.1. The lowest BCUT2D eigenvalue weighted by Crippen LogP contribution is -2.02. The van der Waals surface area contributed by atoms with Crippen LogP contribution in [0.3, 0.4) is 0 Å². The molecule has 1 N–H and O–H groups in total. The molecule has 0 aromatic carbocycles. The number of aliphatic hydroxyl groups excluding tert-OH is 1. The van der Waals surface area contributed by atoms with Crippen LogP contribution in [0.5, 0.6) is 0 Å². The fourth-order valence-corrected chi connectivity index (χ4v) is 3.79. The molecule has 0 aromatic heterocycles. The van der Waals surface area contributed by atoms with E-state index in [0.29, 0.717) is 0 Å². The van der Waals surface area contributed by atoms with E-state index in [2.05, 4.69) is 25.7 Å². The van der Waals surface area contributed by atoms with Crippen molar-refractivity contribution in [3.05, 3.63) is 0 Å². The number of rotatable bonds is 21. The molecule has 0 spiro atoms. The van der Waals surface area contributed by atoms with Crippen LogP contribution in [0.1, 0.15) is 155 Å². The first-order valence-electron chi connectivity index (χ1n) is 13.0. The molecule has 0 aliphatic rings. The molecule has 0 saturated heterocycles. The van der Waals surface area contributed by atoms with E-state index in [0.717, 1.165) is 19.3 Å². The fraction of sp³-hybridized carbons (Fsp3) is 0.926. The quantitative estimate of drug-likeness (QED) is 0.153. The summed E-state index contributed by atoms with van der Waals surface area (Å²) in [6.45, 7) is 4.53. The highest BCUT2D eigenvalue weighted by atomic mass is 16.3. The topological polar surface area (TPSA) is 20.2 Å². The Bertz CT molecular complexity index is 338. The van der Waals surface area contributed by atoms with Crippen molar-refractivity contribution in [1.82, 2.24) is 0 Å². The minimum absolute atomic E-state index is 0.391. The molecule has 0 radical (unpaired) electrons. The van der Waals surface area contributed by atoms with Gasteiger partial charge in [-0.05, 0) is 19.3 Å². The standard InChI is InChI=1S/C27H52O/c1-3-5-7-9-11-12-13-14-15-16-17-18-19-20-22-24-26-27(28)25-23-21-10-8-6-4-2/h27-28H,3-23,25H2,1-2H3. The molecule has 0 saturated carbocycles. The van der Waals surface area contributed by atoms with Crippen LogP contribution in [0, 0.1) is 11.8 Å². The van der Waals surface area contributed by atoms with Crippen molar-refractivity contribution in [2.75, 3.05) is 0 Å². The Morgan fingerprint density at radius 2 is 0.857 bits per heavy atom. The van der Waals surface area contributed by atoms with E-state index < -0.39 is 6.10 Å². The van der Waals surface area contributed by atoms with E-state index in [1.165, 1.54) is 122 Å². The zero-order valence-corrected chi connectivity index (χ0v) is 19.6. The first-order valence-corrected chi connectivity index (χ1v) is 13.0. The Morgan fingerprint density at radius 3 is 1.29 bits per heavy atom. The number of hydrogen-bond donors (Lipinski definition) is 1. The van der Waals surface area contributed by atoms with Crippen LogP contribution in [0.2, 0.25) is 0 Å². The van der Waals surface area contributed by atoms with Crippen molar-refractivity contribution in [3.8, 4) is 11.8 Å². The highest BCUT2D eigenvalue weighted by Crippen LogP contribution is 2.13. The molecule has 0 aliphatic carbocycles. The van der Waals surface area contributed by atoms with Gasteiger partial charge in [0.15, 0.2) is 0 Å². The predicted molar refractivity (Wildman–Crippen MR) is 127 cm³/mol. The molecule has 0 rings (SSSR count). The lowest BCUT2D eigenvalue weighted by molar-refractivity contribution is 0.217. The van der Waals surface area contributed by atoms with Crippen LogP contribution in [0.15, 0.2) is 0 Å². The molecule has 0 aliphatic heterocycles. The van der Waals surface area contributed by atoms with E-state index >= 15 is 0 Å². The van der Waals surface area contributed by atoms with Crippen LogP contribution >= 0.6 is 0 Å². The van der Waals surface area contributed by atoms with Gasteiger partial charge in [0.05, 0.1) is 0 Å². The Labute approximate surface area is 178 Å². The van der Waals surface area contributed by atoms with Crippen LogP contribution in [-0.4, -0.2) is 11.2 Å². The highest BCUT2D eigenvalue weighted by molar-refractivity contribution is 5.04. The molecular weight excluding hydrogens is 340 g/mol. The average molecular weight is 393 g/mol. The van der Waals surface area contributed by atoms with Crippen LogP contribution in [-0.2, 0) is 0 Å². The molecule has 1 unspecified atom stereocenters. The third-order valence-electron chi connectivity index (χ3n) is 5.76. The largest absolute Gasteiger partial charge is 0.380 e. The van der Waals surface area contributed by atoms with Crippen molar-refractivity contribution >= 4 is 0 Å². The summed E-state index contributed by atoms with van der Waals surface area (Å²) in [5.74, 6) is 6.23. The third-order valence-corrected chi connectivity index (χ3v) is 5.76. The molecule has 1 nitrogen and oxygen atoms in total. The fourth-order valence-electron chi connectivity index (χ4n) is 3.79. The number of aliphatic hydroxyl groups is 1. The molecule has 166 valence electrons. The summed E-state index contributed by atoms with van der Waals surface area (Å²) >= 11 is 0. The molecule has 0 amide bonds. The minimum atomic E-state index is -0.391. The maximum absolute atomic E-state index is 9.89. The van der Waals surface area contributed by atoms with E-state index in [4.69, 9.17) is 0 Å². The molecule has 0 fully saturated rings.